The molecule has 0 bridgehead atoms. The molecule has 0 aliphatic heterocycles. The van der Waals surface area contributed by atoms with Gasteiger partial charge in [-0.2, -0.15) is 13.5 Å². The lowest BCUT2D eigenvalue weighted by Crippen LogP contribution is -2.40. The van der Waals surface area contributed by atoms with E-state index >= 15 is 0 Å². The molecule has 1 N–H and O–H groups in total. The molecule has 0 saturated heterocycles. The lowest BCUT2D eigenvalue weighted by atomic mass is 9.74. The van der Waals surface area contributed by atoms with Gasteiger partial charge >= 0.3 is 0 Å². The van der Waals surface area contributed by atoms with Gasteiger partial charge in [-0.1, -0.05) is 31.4 Å². The van der Waals surface area contributed by atoms with Gasteiger partial charge in [-0.3, -0.25) is 0 Å². The van der Waals surface area contributed by atoms with Gasteiger partial charge in [0.2, 0.25) is 5.92 Å². The number of nitrogens with zero attached hydrogens (tertiary/aromatic N) is 1. The fourth-order valence-electron chi connectivity index (χ4n) is 2.13. The zero-order valence-corrected chi connectivity index (χ0v) is 12.7. The highest BCUT2D eigenvalue weighted by atomic mass is 32.2. The Morgan fingerprint density at radius 2 is 1.91 bits per heavy atom. The summed E-state index contributed by atoms with van der Waals surface area (Å²) in [7, 11) is -4.24. The second-order valence-corrected chi connectivity index (χ2v) is 7.07. The van der Waals surface area contributed by atoms with Crippen molar-refractivity contribution >= 4 is 15.7 Å². The lowest BCUT2D eigenvalue weighted by Gasteiger charge is -2.36. The van der Waals surface area contributed by atoms with Crippen molar-refractivity contribution in [2.75, 3.05) is 0 Å². The molecule has 1 aromatic rings. The minimum Gasteiger partial charge on any atom is -0.207 e. The van der Waals surface area contributed by atoms with Crippen LogP contribution in [0.4, 0.5) is 8.78 Å². The maximum Gasteiger partial charge on any atom is 0.276 e. The highest BCUT2D eigenvalue weighted by Gasteiger charge is 2.44. The van der Waals surface area contributed by atoms with Crippen LogP contribution in [0.5, 0.6) is 0 Å². The Morgan fingerprint density at radius 1 is 1.27 bits per heavy atom. The maximum absolute atomic E-state index is 14.0. The van der Waals surface area contributed by atoms with Gasteiger partial charge in [0.05, 0.1) is 4.90 Å². The Labute approximate surface area is 138 Å². The van der Waals surface area contributed by atoms with Crippen LogP contribution in [0.1, 0.15) is 46.8 Å². The minimum atomic E-state index is -4.24. The van der Waals surface area contributed by atoms with E-state index in [4.69, 9.17) is 8.22 Å². The molecule has 4 nitrogen and oxygen atoms in total. The first-order valence-electron chi connectivity index (χ1n) is 9.55. The van der Waals surface area contributed by atoms with E-state index < -0.39 is 60.0 Å². The van der Waals surface area contributed by atoms with E-state index in [1.54, 1.807) is 11.8 Å². The summed E-state index contributed by atoms with van der Waals surface area (Å²) in [5.41, 5.74) is -2.80. The molecule has 0 atom stereocenters. The highest BCUT2D eigenvalue weighted by molar-refractivity contribution is 7.89. The monoisotopic (exact) mass is 336 g/mol. The van der Waals surface area contributed by atoms with Gasteiger partial charge in [-0.05, 0) is 25.5 Å². The van der Waals surface area contributed by atoms with Crippen LogP contribution in [-0.4, -0.2) is 20.1 Å². The molecule has 1 aliphatic rings. The van der Waals surface area contributed by atoms with Gasteiger partial charge < -0.3 is 0 Å². The number of hydrogen-bond donors (Lipinski definition) is 1. The molecule has 7 heteroatoms. The number of halogens is 2. The normalized spacial score (nSPS) is 27.7. The second kappa shape index (κ2) is 5.61. The standard InChI is InChI=1S/C15H20F2N2O2S/c1-11-4-6-12(7-5-11)22(20,21)19-18-13-8-9-15(16,17)10-14(13,2)3/h4-7,19H,8-10H2,1-3H3/i2D3,3D3. The van der Waals surface area contributed by atoms with Crippen LogP contribution in [0, 0.1) is 12.3 Å². The van der Waals surface area contributed by atoms with Gasteiger partial charge in [0, 0.05) is 32.2 Å². The van der Waals surface area contributed by atoms with Gasteiger partial charge in [0.15, 0.2) is 0 Å². The number of rotatable bonds is 3. The number of alkyl halides is 2. The first-order chi connectivity index (χ1) is 12.5. The summed E-state index contributed by atoms with van der Waals surface area (Å²) in [5.74, 6) is -3.53. The largest absolute Gasteiger partial charge is 0.276 e. The van der Waals surface area contributed by atoms with Crippen LogP contribution < -0.4 is 4.83 Å². The summed E-state index contributed by atoms with van der Waals surface area (Å²) in [5, 5.41) is 3.53. The Kier molecular flexibility index (Phi) is 2.63. The Balaban J connectivity index is 2.52. The molecule has 1 aliphatic carbocycles. The molecule has 0 unspecified atom stereocenters. The van der Waals surface area contributed by atoms with E-state index in [0.717, 1.165) is 5.56 Å². The maximum atomic E-state index is 14.0. The van der Waals surface area contributed by atoms with Crippen molar-refractivity contribution in [3.8, 4) is 0 Å². The zero-order valence-electron chi connectivity index (χ0n) is 17.9. The van der Waals surface area contributed by atoms with Crippen molar-refractivity contribution in [2.45, 2.75) is 50.7 Å². The minimum absolute atomic E-state index is 0.183. The molecule has 2 rings (SSSR count). The first-order valence-corrected chi connectivity index (χ1v) is 8.04. The number of nitrogens with one attached hydrogen (secondary N) is 1. The van der Waals surface area contributed by atoms with Crippen molar-refractivity contribution in [1.82, 2.24) is 4.83 Å². The van der Waals surface area contributed by atoms with Crippen LogP contribution in [0.2, 0.25) is 0 Å². The number of benzene rings is 1. The lowest BCUT2D eigenvalue weighted by molar-refractivity contribution is -0.0430. The summed E-state index contributed by atoms with van der Waals surface area (Å²) in [6.07, 6.45) is -2.97. The summed E-state index contributed by atoms with van der Waals surface area (Å²) in [4.78, 5) is 1.62. The average molecular weight is 336 g/mol. The second-order valence-electron chi connectivity index (χ2n) is 5.40. The molecular weight excluding hydrogens is 310 g/mol. The molecule has 22 heavy (non-hydrogen) atoms. The molecule has 1 fully saturated rings. The fraction of sp³-hybridized carbons (Fsp3) is 0.533. The van der Waals surface area contributed by atoms with Gasteiger partial charge in [0.1, 0.15) is 0 Å². The Hall–Kier alpha value is -1.50. The number of hydrogen-bond acceptors (Lipinski definition) is 3. The van der Waals surface area contributed by atoms with Crippen LogP contribution in [0.25, 0.3) is 0 Å². The predicted octanol–water partition coefficient (Wildman–Crippen LogP) is 3.47. The molecular formula is C15H20F2N2O2S. The van der Waals surface area contributed by atoms with Crippen molar-refractivity contribution in [2.24, 2.45) is 10.5 Å². The average Bonchev–Trinajstić information content (AvgIpc) is 2.51. The Morgan fingerprint density at radius 3 is 2.50 bits per heavy atom. The van der Waals surface area contributed by atoms with E-state index in [0.29, 0.717) is 0 Å². The van der Waals surface area contributed by atoms with E-state index in [9.17, 15) is 17.2 Å². The van der Waals surface area contributed by atoms with Crippen LogP contribution >= 0.6 is 0 Å². The molecule has 0 amide bonds. The van der Waals surface area contributed by atoms with Crippen molar-refractivity contribution < 1.29 is 25.4 Å². The highest BCUT2D eigenvalue weighted by Crippen LogP contribution is 2.42. The molecule has 1 aromatic carbocycles. The third kappa shape index (κ3) is 3.82. The Bertz CT molecular complexity index is 850. The van der Waals surface area contributed by atoms with Crippen molar-refractivity contribution in [1.29, 1.82) is 0 Å². The molecule has 1 saturated carbocycles. The number of sulfonamides is 1. The number of hydrazone groups is 1. The van der Waals surface area contributed by atoms with Crippen molar-refractivity contribution in [3.63, 3.8) is 0 Å². The fourth-order valence-corrected chi connectivity index (χ4v) is 2.96. The SMILES string of the molecule is [2H]C([2H])([2H])C1(C([2H])([2H])[2H])CC(F)(F)CCC1=NNS(=O)(=O)c1ccc(C)cc1. The third-order valence-corrected chi connectivity index (χ3v) is 4.60. The van der Waals surface area contributed by atoms with Gasteiger partial charge in [-0.15, -0.1) is 0 Å². The summed E-state index contributed by atoms with van der Waals surface area (Å²) in [6.45, 7) is -4.96. The van der Waals surface area contributed by atoms with E-state index in [2.05, 4.69) is 5.10 Å². The van der Waals surface area contributed by atoms with E-state index in [1.165, 1.54) is 24.3 Å². The third-order valence-electron chi connectivity index (χ3n) is 3.38. The first kappa shape index (κ1) is 10.3. The molecule has 122 valence electrons. The molecule has 0 spiro atoms. The summed E-state index contributed by atoms with van der Waals surface area (Å²) >= 11 is 0. The summed E-state index contributed by atoms with van der Waals surface area (Å²) in [6, 6.07) is 5.62. The van der Waals surface area contributed by atoms with Gasteiger partial charge in [0.25, 0.3) is 10.0 Å². The summed E-state index contributed by atoms with van der Waals surface area (Å²) < 4.78 is 98.6. The topological polar surface area (TPSA) is 58.5 Å². The van der Waals surface area contributed by atoms with Crippen molar-refractivity contribution in [3.05, 3.63) is 29.8 Å². The molecule has 0 aromatic heterocycles. The van der Waals surface area contributed by atoms with Crippen LogP contribution in [-0.2, 0) is 10.0 Å². The quantitative estimate of drug-likeness (QED) is 0.859. The molecule has 0 radical (unpaired) electrons. The smallest absolute Gasteiger partial charge is 0.207 e. The number of aryl methyl sites for hydroxylation is 1. The predicted molar refractivity (Wildman–Crippen MR) is 81.5 cm³/mol. The van der Waals surface area contributed by atoms with Crippen LogP contribution in [0.3, 0.4) is 0 Å². The zero-order chi connectivity index (χ0) is 21.6. The van der Waals surface area contributed by atoms with E-state index in [1.807, 2.05) is 0 Å². The molecule has 0 heterocycles. The van der Waals surface area contributed by atoms with E-state index in [-0.39, 0.29) is 4.90 Å². The van der Waals surface area contributed by atoms with Crippen LogP contribution in [0.15, 0.2) is 34.3 Å². The van der Waals surface area contributed by atoms with Gasteiger partial charge in [-0.25, -0.2) is 13.6 Å².